The molecule has 0 aliphatic rings. The van der Waals surface area contributed by atoms with Crippen LogP contribution in [0.15, 0.2) is 47.4 Å². The fourth-order valence-electron chi connectivity index (χ4n) is 1.39. The van der Waals surface area contributed by atoms with Crippen molar-refractivity contribution in [2.24, 2.45) is 0 Å². The normalized spacial score (nSPS) is 11.3. The number of rotatable bonds is 3. The van der Waals surface area contributed by atoms with Gasteiger partial charge in [0.1, 0.15) is 11.6 Å². The summed E-state index contributed by atoms with van der Waals surface area (Å²) in [5.74, 6) is -4.21. The Bertz CT molecular complexity index is 694. The van der Waals surface area contributed by atoms with Crippen molar-refractivity contribution in [2.45, 2.75) is 4.90 Å². The van der Waals surface area contributed by atoms with E-state index in [1.54, 1.807) is 0 Å². The first kappa shape index (κ1) is 13.4. The molecule has 2 rings (SSSR count). The molecule has 0 aliphatic carbocycles. The molecule has 3 nitrogen and oxygen atoms in total. The van der Waals surface area contributed by atoms with Gasteiger partial charge < -0.3 is 4.18 Å². The number of hydrogen-bond donors (Lipinski definition) is 0. The molecule has 0 spiro atoms. The predicted octanol–water partition coefficient (Wildman–Crippen LogP) is 2.87. The summed E-state index contributed by atoms with van der Waals surface area (Å²) in [6.45, 7) is 0. The van der Waals surface area contributed by atoms with Crippen LogP contribution in [0.4, 0.5) is 13.2 Å². The van der Waals surface area contributed by atoms with E-state index in [0.29, 0.717) is 0 Å². The van der Waals surface area contributed by atoms with Gasteiger partial charge in [-0.3, -0.25) is 0 Å². The predicted molar refractivity (Wildman–Crippen MR) is 60.6 cm³/mol. The average Bonchev–Trinajstić information content (AvgIpc) is 2.31. The molecule has 19 heavy (non-hydrogen) atoms. The highest BCUT2D eigenvalue weighted by molar-refractivity contribution is 7.87. The molecule has 0 atom stereocenters. The lowest BCUT2D eigenvalue weighted by Gasteiger charge is -2.08. The van der Waals surface area contributed by atoms with Crippen molar-refractivity contribution in [1.29, 1.82) is 0 Å². The van der Waals surface area contributed by atoms with Gasteiger partial charge in [-0.2, -0.15) is 8.42 Å². The maximum Gasteiger partial charge on any atom is 0.345 e. The third-order valence-corrected chi connectivity index (χ3v) is 3.49. The van der Waals surface area contributed by atoms with Gasteiger partial charge in [-0.05, 0) is 24.3 Å². The van der Waals surface area contributed by atoms with Crippen LogP contribution in [0.25, 0.3) is 0 Å². The zero-order valence-corrected chi connectivity index (χ0v) is 10.1. The van der Waals surface area contributed by atoms with Crippen LogP contribution >= 0.6 is 0 Å². The summed E-state index contributed by atoms with van der Waals surface area (Å²) in [5.41, 5.74) is 0. The second-order valence-corrected chi connectivity index (χ2v) is 5.00. The lowest BCUT2D eigenvalue weighted by atomic mass is 10.3. The van der Waals surface area contributed by atoms with Crippen LogP contribution in [-0.2, 0) is 10.1 Å². The van der Waals surface area contributed by atoms with Gasteiger partial charge in [0.25, 0.3) is 0 Å². The summed E-state index contributed by atoms with van der Waals surface area (Å²) < 4.78 is 67.8. The monoisotopic (exact) mass is 288 g/mol. The molecule has 0 saturated carbocycles. The molecule has 0 bridgehead atoms. The first-order chi connectivity index (χ1) is 8.92. The number of halogens is 3. The lowest BCUT2D eigenvalue weighted by Crippen LogP contribution is -2.14. The molecule has 0 N–H and O–H groups in total. The molecule has 7 heteroatoms. The van der Waals surface area contributed by atoms with E-state index in [0.717, 1.165) is 30.3 Å². The van der Waals surface area contributed by atoms with Crippen LogP contribution < -0.4 is 4.18 Å². The number of benzene rings is 2. The second-order valence-electron chi connectivity index (χ2n) is 3.52. The molecule has 0 radical (unpaired) electrons. The summed E-state index contributed by atoms with van der Waals surface area (Å²) in [5, 5.41) is 0. The van der Waals surface area contributed by atoms with E-state index >= 15 is 0 Å². The van der Waals surface area contributed by atoms with E-state index in [2.05, 4.69) is 4.18 Å². The first-order valence-electron chi connectivity index (χ1n) is 5.05. The van der Waals surface area contributed by atoms with Crippen LogP contribution in [-0.4, -0.2) is 8.42 Å². The summed E-state index contributed by atoms with van der Waals surface area (Å²) in [6, 6.07) is 7.17. The minimum Gasteiger partial charge on any atom is -0.376 e. The lowest BCUT2D eigenvalue weighted by molar-refractivity contribution is 0.443. The van der Waals surface area contributed by atoms with Crippen molar-refractivity contribution in [3.8, 4) is 5.75 Å². The van der Waals surface area contributed by atoms with Gasteiger partial charge >= 0.3 is 10.1 Å². The zero-order valence-electron chi connectivity index (χ0n) is 9.31. The van der Waals surface area contributed by atoms with Crippen molar-refractivity contribution in [3.05, 3.63) is 59.9 Å². The number of hydrogen-bond acceptors (Lipinski definition) is 3. The van der Waals surface area contributed by atoms with E-state index < -0.39 is 38.2 Å². The molecule has 0 saturated heterocycles. The van der Waals surface area contributed by atoms with Gasteiger partial charge in [-0.1, -0.05) is 18.2 Å². The van der Waals surface area contributed by atoms with Crippen molar-refractivity contribution in [1.82, 2.24) is 0 Å². The molecule has 0 unspecified atom stereocenters. The van der Waals surface area contributed by atoms with Gasteiger partial charge in [-0.15, -0.1) is 0 Å². The van der Waals surface area contributed by atoms with Gasteiger partial charge in [0, 0.05) is 0 Å². The Morgan fingerprint density at radius 1 is 0.789 bits per heavy atom. The summed E-state index contributed by atoms with van der Waals surface area (Å²) in [4.78, 5) is -1.25. The molecule has 0 aliphatic heterocycles. The largest absolute Gasteiger partial charge is 0.376 e. The Kier molecular flexibility index (Phi) is 3.48. The molecular formula is C12H7F3O3S. The van der Waals surface area contributed by atoms with Crippen molar-refractivity contribution < 1.29 is 25.8 Å². The Balaban J connectivity index is 2.47. The van der Waals surface area contributed by atoms with Crippen molar-refractivity contribution in [3.63, 3.8) is 0 Å². The highest BCUT2D eigenvalue weighted by atomic mass is 32.2. The third-order valence-electron chi connectivity index (χ3n) is 2.21. The average molecular weight is 288 g/mol. The Morgan fingerprint density at radius 2 is 1.32 bits per heavy atom. The Labute approximate surface area is 107 Å². The van der Waals surface area contributed by atoms with Crippen LogP contribution in [0.2, 0.25) is 0 Å². The third kappa shape index (κ3) is 2.70. The maximum atomic E-state index is 13.4. The molecule has 100 valence electrons. The Morgan fingerprint density at radius 3 is 1.89 bits per heavy atom. The summed E-state index contributed by atoms with van der Waals surface area (Å²) >= 11 is 0. The molecule has 0 fully saturated rings. The van der Waals surface area contributed by atoms with Gasteiger partial charge in [0.2, 0.25) is 0 Å². The SMILES string of the molecule is O=S(=O)(Oc1ccccc1F)c1c(F)cccc1F. The maximum absolute atomic E-state index is 13.4. The zero-order chi connectivity index (χ0) is 14.0. The van der Waals surface area contributed by atoms with Gasteiger partial charge in [0.05, 0.1) is 0 Å². The molecule has 2 aromatic rings. The summed E-state index contributed by atoms with van der Waals surface area (Å²) in [7, 11) is -4.79. The van der Waals surface area contributed by atoms with E-state index in [9.17, 15) is 21.6 Å². The fourth-order valence-corrected chi connectivity index (χ4v) is 2.46. The minimum atomic E-state index is -4.79. The highest BCUT2D eigenvalue weighted by Crippen LogP contribution is 2.24. The van der Waals surface area contributed by atoms with Crippen LogP contribution in [0, 0.1) is 17.5 Å². The highest BCUT2D eigenvalue weighted by Gasteiger charge is 2.26. The van der Waals surface area contributed by atoms with Crippen LogP contribution in [0.5, 0.6) is 5.75 Å². The topological polar surface area (TPSA) is 43.4 Å². The van der Waals surface area contributed by atoms with Crippen LogP contribution in [0.3, 0.4) is 0 Å². The van der Waals surface area contributed by atoms with E-state index in [1.807, 2.05) is 0 Å². The summed E-state index contributed by atoms with van der Waals surface area (Å²) in [6.07, 6.45) is 0. The standard InChI is InChI=1S/C12H7F3O3S/c13-8-4-1-2-7-11(8)18-19(16,17)12-9(14)5-3-6-10(12)15/h1-7H. The first-order valence-corrected chi connectivity index (χ1v) is 6.45. The molecule has 0 heterocycles. The van der Waals surface area contributed by atoms with Crippen molar-refractivity contribution in [2.75, 3.05) is 0 Å². The van der Waals surface area contributed by atoms with E-state index in [-0.39, 0.29) is 0 Å². The minimum absolute atomic E-state index is 0.634. The van der Waals surface area contributed by atoms with E-state index in [1.165, 1.54) is 12.1 Å². The molecular weight excluding hydrogens is 281 g/mol. The molecule has 2 aromatic carbocycles. The Hall–Kier alpha value is -2.02. The smallest absolute Gasteiger partial charge is 0.345 e. The van der Waals surface area contributed by atoms with Crippen LogP contribution in [0.1, 0.15) is 0 Å². The van der Waals surface area contributed by atoms with E-state index in [4.69, 9.17) is 0 Å². The molecule has 0 aromatic heterocycles. The molecule has 0 amide bonds. The van der Waals surface area contributed by atoms with Gasteiger partial charge in [-0.25, -0.2) is 13.2 Å². The fraction of sp³-hybridized carbons (Fsp3) is 0. The van der Waals surface area contributed by atoms with Gasteiger partial charge in [0.15, 0.2) is 16.5 Å². The number of para-hydroxylation sites is 1. The quantitative estimate of drug-likeness (QED) is 0.816. The second kappa shape index (κ2) is 4.93. The van der Waals surface area contributed by atoms with Crippen molar-refractivity contribution >= 4 is 10.1 Å².